The van der Waals surface area contributed by atoms with Crippen LogP contribution in [0.4, 0.5) is 0 Å². The molecule has 0 heterocycles. The summed E-state index contributed by atoms with van der Waals surface area (Å²) in [5.74, 6) is 7.15. The highest BCUT2D eigenvalue weighted by Crippen LogP contribution is 2.18. The van der Waals surface area contributed by atoms with Crippen molar-refractivity contribution in [3.05, 3.63) is 64.2 Å². The molecule has 2 aromatic carbocycles. The Hall–Kier alpha value is -2.20. The van der Waals surface area contributed by atoms with Gasteiger partial charge in [0, 0.05) is 5.56 Å². The van der Waals surface area contributed by atoms with Crippen molar-refractivity contribution in [3.63, 3.8) is 0 Å². The summed E-state index contributed by atoms with van der Waals surface area (Å²) in [6.45, 7) is 8.73. The van der Waals surface area contributed by atoms with Crippen LogP contribution < -0.4 is 4.74 Å². The van der Waals surface area contributed by atoms with Crippen molar-refractivity contribution >= 4 is 0 Å². The zero-order valence-corrected chi connectivity index (χ0v) is 12.6. The minimum Gasteiger partial charge on any atom is -0.481 e. The lowest BCUT2D eigenvalue weighted by Crippen LogP contribution is -1.96. The van der Waals surface area contributed by atoms with E-state index in [1.807, 2.05) is 6.07 Å². The molecule has 1 nitrogen and oxygen atoms in total. The third kappa shape index (κ3) is 3.65. The minimum absolute atomic E-state index is 0.414. The fourth-order valence-electron chi connectivity index (χ4n) is 2.16. The molecule has 0 bridgehead atoms. The van der Waals surface area contributed by atoms with Crippen molar-refractivity contribution in [2.75, 3.05) is 6.61 Å². The largest absolute Gasteiger partial charge is 0.481 e. The molecule has 0 saturated heterocycles. The second-order valence-electron chi connectivity index (χ2n) is 5.18. The maximum atomic E-state index is 5.70. The van der Waals surface area contributed by atoms with Crippen LogP contribution in [-0.2, 0) is 0 Å². The number of benzene rings is 2. The number of hydrogen-bond acceptors (Lipinski definition) is 1. The Kier molecular flexibility index (Phi) is 4.48. The third-order valence-corrected chi connectivity index (χ3v) is 3.24. The molecule has 0 aromatic heterocycles. The summed E-state index contributed by atoms with van der Waals surface area (Å²) in [7, 11) is 0. The molecule has 0 aliphatic carbocycles. The van der Waals surface area contributed by atoms with Crippen molar-refractivity contribution in [2.45, 2.75) is 27.7 Å². The van der Waals surface area contributed by atoms with E-state index < -0.39 is 0 Å². The maximum absolute atomic E-state index is 5.70. The van der Waals surface area contributed by atoms with Crippen LogP contribution in [0.2, 0.25) is 0 Å². The van der Waals surface area contributed by atoms with Crippen LogP contribution in [0.3, 0.4) is 0 Å². The normalized spacial score (nSPS) is 9.80. The molecule has 102 valence electrons. The molecule has 20 heavy (non-hydrogen) atoms. The van der Waals surface area contributed by atoms with Crippen molar-refractivity contribution in [2.24, 2.45) is 0 Å². The molecule has 0 unspecified atom stereocenters. The molecule has 0 radical (unpaired) electrons. The predicted molar refractivity (Wildman–Crippen MR) is 84.2 cm³/mol. The second kappa shape index (κ2) is 6.30. The van der Waals surface area contributed by atoms with E-state index in [9.17, 15) is 0 Å². The Balaban J connectivity index is 2.01. The fourth-order valence-corrected chi connectivity index (χ4v) is 2.16. The van der Waals surface area contributed by atoms with Gasteiger partial charge in [-0.2, -0.15) is 0 Å². The van der Waals surface area contributed by atoms with Gasteiger partial charge in [0.2, 0.25) is 0 Å². The Morgan fingerprint density at radius 1 is 0.850 bits per heavy atom. The standard InChI is InChI=1S/C19H20O/c1-14-7-9-18(16(3)12-14)6-5-11-20-19-10-8-15(2)13-17(19)4/h7-10,12-13H,11H2,1-4H3. The summed E-state index contributed by atoms with van der Waals surface area (Å²) in [5.41, 5.74) is 5.94. The molecule has 0 spiro atoms. The summed E-state index contributed by atoms with van der Waals surface area (Å²) >= 11 is 0. The molecule has 0 aliphatic heterocycles. The van der Waals surface area contributed by atoms with Crippen LogP contribution in [0.25, 0.3) is 0 Å². The molecular weight excluding hydrogens is 244 g/mol. The number of rotatable bonds is 2. The van der Waals surface area contributed by atoms with E-state index in [1.54, 1.807) is 0 Å². The predicted octanol–water partition coefficient (Wildman–Crippen LogP) is 4.35. The second-order valence-corrected chi connectivity index (χ2v) is 5.18. The molecule has 0 fully saturated rings. The van der Waals surface area contributed by atoms with Crippen LogP contribution in [0.15, 0.2) is 36.4 Å². The van der Waals surface area contributed by atoms with Gasteiger partial charge in [0.15, 0.2) is 0 Å². The fraction of sp³-hybridized carbons (Fsp3) is 0.263. The van der Waals surface area contributed by atoms with Gasteiger partial charge < -0.3 is 4.74 Å². The molecule has 0 saturated carbocycles. The molecule has 1 heteroatoms. The van der Waals surface area contributed by atoms with Gasteiger partial charge in [0.05, 0.1) is 0 Å². The van der Waals surface area contributed by atoms with Gasteiger partial charge in [-0.1, -0.05) is 47.2 Å². The molecule has 0 aliphatic rings. The highest BCUT2D eigenvalue weighted by Gasteiger charge is 1.98. The number of aryl methyl sites for hydroxylation is 4. The first-order chi connectivity index (χ1) is 9.56. The quantitative estimate of drug-likeness (QED) is 0.733. The Labute approximate surface area is 121 Å². The van der Waals surface area contributed by atoms with Crippen LogP contribution >= 0.6 is 0 Å². The highest BCUT2D eigenvalue weighted by molar-refractivity contribution is 5.43. The van der Waals surface area contributed by atoms with Crippen molar-refractivity contribution in [1.82, 2.24) is 0 Å². The van der Waals surface area contributed by atoms with Crippen LogP contribution in [0.5, 0.6) is 5.75 Å². The smallest absolute Gasteiger partial charge is 0.149 e. The van der Waals surface area contributed by atoms with E-state index >= 15 is 0 Å². The molecular formula is C19H20O. The molecule has 2 rings (SSSR count). The van der Waals surface area contributed by atoms with Gasteiger partial charge in [-0.25, -0.2) is 0 Å². The first kappa shape index (κ1) is 14.2. The Morgan fingerprint density at radius 2 is 1.50 bits per heavy atom. The average Bonchev–Trinajstić information content (AvgIpc) is 2.39. The van der Waals surface area contributed by atoms with E-state index in [4.69, 9.17) is 4.74 Å². The lowest BCUT2D eigenvalue weighted by molar-refractivity contribution is 0.367. The molecule has 0 N–H and O–H groups in total. The molecule has 2 aromatic rings. The molecule has 0 amide bonds. The summed E-state index contributed by atoms with van der Waals surface area (Å²) in [6.07, 6.45) is 0. The Morgan fingerprint density at radius 3 is 2.15 bits per heavy atom. The van der Waals surface area contributed by atoms with Crippen molar-refractivity contribution in [1.29, 1.82) is 0 Å². The van der Waals surface area contributed by atoms with Gasteiger partial charge in [-0.15, -0.1) is 0 Å². The van der Waals surface area contributed by atoms with Gasteiger partial charge in [0.25, 0.3) is 0 Å². The van der Waals surface area contributed by atoms with Gasteiger partial charge in [0.1, 0.15) is 12.4 Å². The molecule has 0 atom stereocenters. The first-order valence-electron chi connectivity index (χ1n) is 6.82. The van der Waals surface area contributed by atoms with Crippen LogP contribution in [-0.4, -0.2) is 6.61 Å². The monoisotopic (exact) mass is 264 g/mol. The van der Waals surface area contributed by atoms with Gasteiger partial charge >= 0.3 is 0 Å². The van der Waals surface area contributed by atoms with Crippen LogP contribution in [0.1, 0.15) is 27.8 Å². The lowest BCUT2D eigenvalue weighted by Gasteiger charge is -2.06. The SMILES string of the molecule is Cc1ccc(C#CCOc2ccc(C)cc2C)c(C)c1. The van der Waals surface area contributed by atoms with Crippen molar-refractivity contribution < 1.29 is 4.74 Å². The van der Waals surface area contributed by atoms with Gasteiger partial charge in [-0.05, 0) is 51.0 Å². The van der Waals surface area contributed by atoms with Crippen molar-refractivity contribution in [3.8, 4) is 17.6 Å². The van der Waals surface area contributed by atoms with Crippen LogP contribution in [0, 0.1) is 39.5 Å². The van der Waals surface area contributed by atoms with E-state index in [0.29, 0.717) is 6.61 Å². The summed E-state index contributed by atoms with van der Waals surface area (Å²) in [6, 6.07) is 12.5. The van der Waals surface area contributed by atoms with E-state index in [-0.39, 0.29) is 0 Å². The number of hydrogen-bond donors (Lipinski definition) is 0. The van der Waals surface area contributed by atoms with Gasteiger partial charge in [-0.3, -0.25) is 0 Å². The summed E-state index contributed by atoms with van der Waals surface area (Å²) < 4.78 is 5.70. The zero-order valence-electron chi connectivity index (χ0n) is 12.6. The Bertz CT molecular complexity index is 672. The third-order valence-electron chi connectivity index (χ3n) is 3.24. The minimum atomic E-state index is 0.414. The first-order valence-corrected chi connectivity index (χ1v) is 6.82. The topological polar surface area (TPSA) is 9.23 Å². The zero-order chi connectivity index (χ0) is 14.5. The maximum Gasteiger partial charge on any atom is 0.149 e. The highest BCUT2D eigenvalue weighted by atomic mass is 16.5. The summed E-state index contributed by atoms with van der Waals surface area (Å²) in [4.78, 5) is 0. The number of ether oxygens (including phenoxy) is 1. The lowest BCUT2D eigenvalue weighted by atomic mass is 10.1. The van der Waals surface area contributed by atoms with E-state index in [1.165, 1.54) is 16.7 Å². The average molecular weight is 264 g/mol. The van der Waals surface area contributed by atoms with E-state index in [2.05, 4.69) is 69.9 Å². The summed E-state index contributed by atoms with van der Waals surface area (Å²) in [5, 5.41) is 0. The van der Waals surface area contributed by atoms with E-state index in [0.717, 1.165) is 16.9 Å².